The highest BCUT2D eigenvalue weighted by Crippen LogP contribution is 2.25. The van der Waals surface area contributed by atoms with Crippen molar-refractivity contribution in [2.45, 2.75) is 39.5 Å². The fraction of sp³-hybridized carbons (Fsp3) is 0.409. The molecule has 29 heavy (non-hydrogen) atoms. The number of piperidine rings is 1. The van der Waals surface area contributed by atoms with Gasteiger partial charge in [0.1, 0.15) is 0 Å². The zero-order valence-electron chi connectivity index (χ0n) is 17.5. The van der Waals surface area contributed by atoms with Crippen molar-refractivity contribution < 1.29 is 4.79 Å². The fourth-order valence-corrected chi connectivity index (χ4v) is 4.11. The maximum atomic E-state index is 13.0. The van der Waals surface area contributed by atoms with Gasteiger partial charge in [-0.05, 0) is 64.4 Å². The first-order valence-electron chi connectivity index (χ1n) is 10.1. The standard InChI is InChI=1S/C22H28N6O/c1-14-7-5-6-8-19(14)28-15(2)13-18(16(28)3)21(29)25-22-24-20(26-27(22)4)17-9-11-23-12-10-17/h5-8,13,17,23H,9-12H2,1-4H3,(H,24,25,26,29). The van der Waals surface area contributed by atoms with Gasteiger partial charge in [0.25, 0.3) is 5.91 Å². The quantitative estimate of drug-likeness (QED) is 0.715. The van der Waals surface area contributed by atoms with Gasteiger partial charge in [-0.1, -0.05) is 18.2 Å². The number of nitrogens with zero attached hydrogens (tertiary/aromatic N) is 4. The minimum atomic E-state index is -0.162. The molecule has 0 bridgehead atoms. The van der Waals surface area contributed by atoms with Crippen LogP contribution in [0, 0.1) is 20.8 Å². The third kappa shape index (κ3) is 3.70. The van der Waals surface area contributed by atoms with Crippen molar-refractivity contribution in [3.05, 3.63) is 58.7 Å². The van der Waals surface area contributed by atoms with E-state index in [2.05, 4.69) is 44.3 Å². The maximum Gasteiger partial charge on any atom is 0.259 e. The van der Waals surface area contributed by atoms with Gasteiger partial charge in [0, 0.05) is 30.0 Å². The lowest BCUT2D eigenvalue weighted by Crippen LogP contribution is -2.27. The SMILES string of the molecule is Cc1ccccc1-n1c(C)cc(C(=O)Nc2nc(C3CCNCC3)nn2C)c1C. The summed E-state index contributed by atoms with van der Waals surface area (Å²) < 4.78 is 3.79. The average Bonchev–Trinajstić information content (AvgIpc) is 3.22. The van der Waals surface area contributed by atoms with Gasteiger partial charge in [-0.3, -0.25) is 10.1 Å². The highest BCUT2D eigenvalue weighted by atomic mass is 16.1. The molecule has 0 aliphatic carbocycles. The minimum Gasteiger partial charge on any atom is -0.317 e. The van der Waals surface area contributed by atoms with Crippen molar-refractivity contribution in [1.29, 1.82) is 0 Å². The topological polar surface area (TPSA) is 76.8 Å². The fourth-order valence-electron chi connectivity index (χ4n) is 4.11. The molecule has 0 radical (unpaired) electrons. The molecule has 1 aromatic carbocycles. The van der Waals surface area contributed by atoms with Crippen molar-refractivity contribution in [3.63, 3.8) is 0 Å². The Hall–Kier alpha value is -2.93. The number of para-hydroxylation sites is 1. The van der Waals surface area contributed by atoms with Gasteiger partial charge in [-0.15, -0.1) is 0 Å². The number of rotatable bonds is 4. The molecule has 1 amide bonds. The number of nitrogens with one attached hydrogen (secondary N) is 2. The molecule has 1 saturated heterocycles. The number of carbonyl (C=O) groups excluding carboxylic acids is 1. The molecule has 0 atom stereocenters. The molecule has 0 saturated carbocycles. The van der Waals surface area contributed by atoms with Crippen LogP contribution in [0.3, 0.4) is 0 Å². The second kappa shape index (κ2) is 7.83. The lowest BCUT2D eigenvalue weighted by molar-refractivity contribution is 0.102. The van der Waals surface area contributed by atoms with Crippen molar-refractivity contribution >= 4 is 11.9 Å². The van der Waals surface area contributed by atoms with Gasteiger partial charge in [0.15, 0.2) is 5.82 Å². The number of hydrogen-bond acceptors (Lipinski definition) is 4. The molecule has 2 aromatic heterocycles. The van der Waals surface area contributed by atoms with Crippen LogP contribution in [0.4, 0.5) is 5.95 Å². The van der Waals surface area contributed by atoms with Crippen LogP contribution in [-0.4, -0.2) is 38.3 Å². The van der Waals surface area contributed by atoms with E-state index >= 15 is 0 Å². The molecule has 152 valence electrons. The molecule has 2 N–H and O–H groups in total. The van der Waals surface area contributed by atoms with E-state index in [-0.39, 0.29) is 5.91 Å². The van der Waals surface area contributed by atoms with E-state index in [9.17, 15) is 4.79 Å². The molecule has 3 heterocycles. The Labute approximate surface area is 171 Å². The number of aromatic nitrogens is 4. The summed E-state index contributed by atoms with van der Waals surface area (Å²) in [5.74, 6) is 1.49. The number of anilines is 1. The lowest BCUT2D eigenvalue weighted by atomic mass is 9.98. The Kier molecular flexibility index (Phi) is 5.24. The van der Waals surface area contributed by atoms with E-state index in [1.165, 1.54) is 5.56 Å². The van der Waals surface area contributed by atoms with Crippen molar-refractivity contribution in [3.8, 4) is 5.69 Å². The number of carbonyl (C=O) groups is 1. The molecule has 7 nitrogen and oxygen atoms in total. The van der Waals surface area contributed by atoms with Crippen LogP contribution in [0.15, 0.2) is 30.3 Å². The van der Waals surface area contributed by atoms with Crippen LogP contribution in [0.2, 0.25) is 0 Å². The molecule has 0 spiro atoms. The van der Waals surface area contributed by atoms with E-state index in [0.29, 0.717) is 17.4 Å². The summed E-state index contributed by atoms with van der Waals surface area (Å²) in [7, 11) is 1.82. The Morgan fingerprint density at radius 1 is 1.17 bits per heavy atom. The summed E-state index contributed by atoms with van der Waals surface area (Å²) >= 11 is 0. The molecule has 0 unspecified atom stereocenters. The zero-order valence-corrected chi connectivity index (χ0v) is 17.5. The predicted octanol–water partition coefficient (Wildman–Crippen LogP) is 3.25. The molecule has 4 rings (SSSR count). The monoisotopic (exact) mass is 392 g/mol. The third-order valence-corrected chi connectivity index (χ3v) is 5.74. The van der Waals surface area contributed by atoms with Gasteiger partial charge in [-0.25, -0.2) is 4.68 Å². The number of hydrogen-bond donors (Lipinski definition) is 2. The van der Waals surface area contributed by atoms with Crippen LogP contribution < -0.4 is 10.6 Å². The summed E-state index contributed by atoms with van der Waals surface area (Å²) in [5, 5.41) is 10.9. The summed E-state index contributed by atoms with van der Waals surface area (Å²) in [6.07, 6.45) is 2.05. The second-order valence-corrected chi connectivity index (χ2v) is 7.80. The Balaban J connectivity index is 1.59. The van der Waals surface area contributed by atoms with Crippen LogP contribution in [0.25, 0.3) is 5.69 Å². The second-order valence-electron chi connectivity index (χ2n) is 7.80. The summed E-state index contributed by atoms with van der Waals surface area (Å²) in [4.78, 5) is 17.7. The maximum absolute atomic E-state index is 13.0. The highest BCUT2D eigenvalue weighted by molar-refractivity contribution is 6.04. The minimum absolute atomic E-state index is 0.162. The van der Waals surface area contributed by atoms with E-state index in [1.807, 2.05) is 39.1 Å². The largest absolute Gasteiger partial charge is 0.317 e. The third-order valence-electron chi connectivity index (χ3n) is 5.74. The van der Waals surface area contributed by atoms with E-state index < -0.39 is 0 Å². The Bertz CT molecular complexity index is 1040. The van der Waals surface area contributed by atoms with E-state index in [0.717, 1.165) is 48.8 Å². The first kappa shape index (κ1) is 19.4. The number of amides is 1. The molecule has 3 aromatic rings. The van der Waals surface area contributed by atoms with Crippen LogP contribution in [0.5, 0.6) is 0 Å². The van der Waals surface area contributed by atoms with Crippen LogP contribution in [-0.2, 0) is 7.05 Å². The summed E-state index contributed by atoms with van der Waals surface area (Å²) in [5.41, 5.74) is 4.84. The van der Waals surface area contributed by atoms with Gasteiger partial charge in [0.2, 0.25) is 5.95 Å². The zero-order chi connectivity index (χ0) is 20.5. The Morgan fingerprint density at radius 2 is 1.90 bits per heavy atom. The van der Waals surface area contributed by atoms with Gasteiger partial charge in [-0.2, -0.15) is 10.1 Å². The molecular formula is C22H28N6O. The van der Waals surface area contributed by atoms with Gasteiger partial charge in [0.05, 0.1) is 5.56 Å². The smallest absolute Gasteiger partial charge is 0.259 e. The van der Waals surface area contributed by atoms with Gasteiger partial charge < -0.3 is 9.88 Å². The first-order valence-corrected chi connectivity index (χ1v) is 10.1. The lowest BCUT2D eigenvalue weighted by Gasteiger charge is -2.19. The van der Waals surface area contributed by atoms with Crippen molar-refractivity contribution in [2.24, 2.45) is 7.05 Å². The van der Waals surface area contributed by atoms with Crippen molar-refractivity contribution in [2.75, 3.05) is 18.4 Å². The molecule has 1 aliphatic rings. The highest BCUT2D eigenvalue weighted by Gasteiger charge is 2.23. The normalized spacial score (nSPS) is 14.9. The van der Waals surface area contributed by atoms with Crippen LogP contribution >= 0.6 is 0 Å². The van der Waals surface area contributed by atoms with E-state index in [4.69, 9.17) is 0 Å². The summed E-state index contributed by atoms with van der Waals surface area (Å²) in [6, 6.07) is 10.1. The predicted molar refractivity (Wildman–Crippen MR) is 114 cm³/mol. The van der Waals surface area contributed by atoms with Crippen molar-refractivity contribution in [1.82, 2.24) is 24.6 Å². The van der Waals surface area contributed by atoms with Crippen LogP contribution in [0.1, 0.15) is 51.9 Å². The molecular weight excluding hydrogens is 364 g/mol. The summed E-state index contributed by atoms with van der Waals surface area (Å²) in [6.45, 7) is 8.04. The van der Waals surface area contributed by atoms with Gasteiger partial charge >= 0.3 is 0 Å². The molecule has 1 fully saturated rings. The average molecular weight is 393 g/mol. The number of aryl methyl sites for hydroxylation is 3. The first-order chi connectivity index (χ1) is 14.0. The van der Waals surface area contributed by atoms with E-state index in [1.54, 1.807) is 4.68 Å². The molecule has 1 aliphatic heterocycles. The Morgan fingerprint density at radius 3 is 2.62 bits per heavy atom. The number of benzene rings is 1. The molecule has 7 heteroatoms.